The van der Waals surface area contributed by atoms with Crippen molar-refractivity contribution in [2.45, 2.75) is 32.7 Å². The summed E-state index contributed by atoms with van der Waals surface area (Å²) < 4.78 is 5.53. The maximum Gasteiger partial charge on any atom is 0.264 e. The average Bonchev–Trinajstić information content (AvgIpc) is 3.52. The molecule has 5 heterocycles. The van der Waals surface area contributed by atoms with Gasteiger partial charge in [-0.3, -0.25) is 9.69 Å². The Labute approximate surface area is 208 Å². The van der Waals surface area contributed by atoms with E-state index in [1.54, 1.807) is 0 Å². The Morgan fingerprint density at radius 3 is 2.74 bits per heavy atom. The fraction of sp³-hybridized carbons (Fsp3) is 0.560. The van der Waals surface area contributed by atoms with Gasteiger partial charge in [-0.2, -0.15) is 0 Å². The number of carbonyl (C=O) groups is 1. The molecule has 1 atom stereocenters. The van der Waals surface area contributed by atoms with E-state index < -0.39 is 0 Å². The Hall–Kier alpha value is -2.07. The van der Waals surface area contributed by atoms with Crippen molar-refractivity contribution in [2.24, 2.45) is 5.92 Å². The Bertz CT molecular complexity index is 1160. The maximum atomic E-state index is 12.9. The molecule has 2 aliphatic heterocycles. The molecule has 1 aliphatic carbocycles. The second-order valence-corrected chi connectivity index (χ2v) is 11.7. The minimum atomic E-state index is 0.150. The zero-order valence-corrected chi connectivity index (χ0v) is 21.3. The fourth-order valence-corrected chi connectivity index (χ4v) is 7.39. The second-order valence-electron chi connectivity index (χ2n) is 9.64. The third kappa shape index (κ3) is 4.34. The number of carbonyl (C=O) groups excluding carboxylic acids is 1. The van der Waals surface area contributed by atoms with E-state index >= 15 is 0 Å². The molecule has 0 saturated carbocycles. The number of rotatable bonds is 4. The lowest BCUT2D eigenvalue weighted by Crippen LogP contribution is -2.49. The van der Waals surface area contributed by atoms with Gasteiger partial charge in [0.25, 0.3) is 5.91 Å². The van der Waals surface area contributed by atoms with Crippen LogP contribution in [0.3, 0.4) is 0 Å². The van der Waals surface area contributed by atoms with Crippen LogP contribution in [0.4, 0.5) is 5.82 Å². The van der Waals surface area contributed by atoms with Crippen molar-refractivity contribution in [1.82, 2.24) is 19.8 Å². The standard InChI is InChI=1S/C25H31N5O2S2/c1-17-4-5-18-20(15-17)34-24-22(18)23(26-21(27-24)16-28-10-12-32-13-11-28)29-6-8-30(9-7-29)25(31)19-3-2-14-33-19/h2-3,14,17H,4-13,15-16H2,1H3/t17-/m0/s1. The molecular weight excluding hydrogens is 466 g/mol. The number of hydrogen-bond acceptors (Lipinski definition) is 8. The van der Waals surface area contributed by atoms with Crippen LogP contribution in [0.5, 0.6) is 0 Å². The van der Waals surface area contributed by atoms with E-state index in [1.807, 2.05) is 33.7 Å². The molecule has 6 rings (SSSR count). The number of hydrogen-bond donors (Lipinski definition) is 0. The van der Waals surface area contributed by atoms with Gasteiger partial charge in [0.1, 0.15) is 16.5 Å². The van der Waals surface area contributed by atoms with Crippen LogP contribution < -0.4 is 4.90 Å². The summed E-state index contributed by atoms with van der Waals surface area (Å²) in [5.74, 6) is 2.88. The molecule has 3 aromatic heterocycles. The molecule has 0 radical (unpaired) electrons. The molecule has 180 valence electrons. The molecule has 0 bridgehead atoms. The summed E-state index contributed by atoms with van der Waals surface area (Å²) in [6, 6.07) is 3.87. The molecule has 0 spiro atoms. The van der Waals surface area contributed by atoms with Gasteiger partial charge < -0.3 is 14.5 Å². The summed E-state index contributed by atoms with van der Waals surface area (Å²) in [6.45, 7) is 9.60. The van der Waals surface area contributed by atoms with Gasteiger partial charge in [0.15, 0.2) is 0 Å². The zero-order valence-electron chi connectivity index (χ0n) is 19.7. The van der Waals surface area contributed by atoms with E-state index in [1.165, 1.54) is 33.6 Å². The summed E-state index contributed by atoms with van der Waals surface area (Å²) in [4.78, 5) is 33.3. The summed E-state index contributed by atoms with van der Waals surface area (Å²) in [7, 11) is 0. The molecule has 0 unspecified atom stereocenters. The highest BCUT2D eigenvalue weighted by Gasteiger charge is 2.29. The van der Waals surface area contributed by atoms with E-state index in [2.05, 4.69) is 16.7 Å². The van der Waals surface area contributed by atoms with Gasteiger partial charge in [-0.1, -0.05) is 13.0 Å². The van der Waals surface area contributed by atoms with Crippen molar-refractivity contribution in [3.8, 4) is 0 Å². The lowest BCUT2D eigenvalue weighted by atomic mass is 9.89. The predicted molar refractivity (Wildman–Crippen MR) is 137 cm³/mol. The Balaban J connectivity index is 1.30. The van der Waals surface area contributed by atoms with Crippen molar-refractivity contribution in [2.75, 3.05) is 57.4 Å². The number of ether oxygens (including phenoxy) is 1. The molecule has 3 aromatic rings. The van der Waals surface area contributed by atoms with Crippen LogP contribution >= 0.6 is 22.7 Å². The molecule has 2 fully saturated rings. The van der Waals surface area contributed by atoms with Crippen molar-refractivity contribution < 1.29 is 9.53 Å². The number of anilines is 1. The van der Waals surface area contributed by atoms with Crippen LogP contribution in [-0.2, 0) is 24.1 Å². The molecular formula is C25H31N5O2S2. The third-order valence-electron chi connectivity index (χ3n) is 7.25. The van der Waals surface area contributed by atoms with Crippen LogP contribution in [0.1, 0.15) is 39.3 Å². The number of morpholine rings is 1. The van der Waals surface area contributed by atoms with Gasteiger partial charge in [-0.05, 0) is 42.2 Å². The summed E-state index contributed by atoms with van der Waals surface area (Å²) in [5.41, 5.74) is 1.48. The van der Waals surface area contributed by atoms with E-state index in [9.17, 15) is 4.79 Å². The minimum Gasteiger partial charge on any atom is -0.379 e. The van der Waals surface area contributed by atoms with Crippen LogP contribution in [-0.4, -0.2) is 78.2 Å². The number of amides is 1. The van der Waals surface area contributed by atoms with Crippen LogP contribution in [0.25, 0.3) is 10.2 Å². The molecule has 9 heteroatoms. The van der Waals surface area contributed by atoms with Gasteiger partial charge in [0.05, 0.1) is 30.0 Å². The highest BCUT2D eigenvalue weighted by Crippen LogP contribution is 2.41. The SMILES string of the molecule is C[C@H]1CCc2c(sc3nc(CN4CCOCC4)nc(N4CCN(C(=O)c5cccs5)CC4)c23)C1. The van der Waals surface area contributed by atoms with Crippen molar-refractivity contribution in [1.29, 1.82) is 0 Å². The normalized spacial score (nSPS) is 21.7. The van der Waals surface area contributed by atoms with Gasteiger partial charge in [0, 0.05) is 44.1 Å². The number of aryl methyl sites for hydroxylation is 1. The van der Waals surface area contributed by atoms with Crippen LogP contribution in [0.15, 0.2) is 17.5 Å². The first-order valence-corrected chi connectivity index (χ1v) is 14.0. The average molecular weight is 498 g/mol. The molecule has 7 nitrogen and oxygen atoms in total. The van der Waals surface area contributed by atoms with Crippen molar-refractivity contribution in [3.63, 3.8) is 0 Å². The first-order chi connectivity index (χ1) is 16.7. The van der Waals surface area contributed by atoms with Crippen LogP contribution in [0, 0.1) is 5.92 Å². The maximum absolute atomic E-state index is 12.9. The number of aromatic nitrogens is 2. The Morgan fingerprint density at radius 2 is 1.97 bits per heavy atom. The predicted octanol–water partition coefficient (Wildman–Crippen LogP) is 3.67. The van der Waals surface area contributed by atoms with Crippen molar-refractivity contribution in [3.05, 3.63) is 38.7 Å². The van der Waals surface area contributed by atoms with E-state index in [-0.39, 0.29) is 5.91 Å². The zero-order chi connectivity index (χ0) is 23.1. The van der Waals surface area contributed by atoms with Crippen molar-refractivity contribution >= 4 is 44.6 Å². The largest absolute Gasteiger partial charge is 0.379 e. The topological polar surface area (TPSA) is 61.8 Å². The number of nitrogens with zero attached hydrogens (tertiary/aromatic N) is 5. The monoisotopic (exact) mass is 497 g/mol. The Morgan fingerprint density at radius 1 is 1.15 bits per heavy atom. The highest BCUT2D eigenvalue weighted by molar-refractivity contribution is 7.19. The first kappa shape index (κ1) is 22.4. The fourth-order valence-electron chi connectivity index (χ4n) is 5.30. The summed E-state index contributed by atoms with van der Waals surface area (Å²) in [5, 5.41) is 3.24. The van der Waals surface area contributed by atoms with Gasteiger partial charge >= 0.3 is 0 Å². The van der Waals surface area contributed by atoms with Gasteiger partial charge in [0.2, 0.25) is 0 Å². The van der Waals surface area contributed by atoms with E-state index in [4.69, 9.17) is 14.7 Å². The smallest absolute Gasteiger partial charge is 0.264 e. The number of fused-ring (bicyclic) bond motifs is 3. The molecule has 2 saturated heterocycles. The highest BCUT2D eigenvalue weighted by atomic mass is 32.1. The number of thiophene rings is 2. The summed E-state index contributed by atoms with van der Waals surface area (Å²) >= 11 is 3.40. The number of piperazine rings is 1. The molecule has 1 amide bonds. The molecule has 34 heavy (non-hydrogen) atoms. The van der Waals surface area contributed by atoms with E-state index in [0.29, 0.717) is 0 Å². The third-order valence-corrected chi connectivity index (χ3v) is 9.26. The first-order valence-electron chi connectivity index (χ1n) is 12.3. The quantitative estimate of drug-likeness (QED) is 0.548. The lowest BCUT2D eigenvalue weighted by molar-refractivity contribution is 0.0331. The molecule has 3 aliphatic rings. The van der Waals surface area contributed by atoms with Gasteiger partial charge in [-0.15, -0.1) is 22.7 Å². The van der Waals surface area contributed by atoms with Gasteiger partial charge in [-0.25, -0.2) is 9.97 Å². The molecule has 0 N–H and O–H groups in total. The summed E-state index contributed by atoms with van der Waals surface area (Å²) in [6.07, 6.45) is 3.50. The Kier molecular flexibility index (Phi) is 6.28. The van der Waals surface area contributed by atoms with E-state index in [0.717, 1.165) is 99.1 Å². The lowest BCUT2D eigenvalue weighted by Gasteiger charge is -2.36. The van der Waals surface area contributed by atoms with Crippen LogP contribution in [0.2, 0.25) is 0 Å². The minimum absolute atomic E-state index is 0.150. The second kappa shape index (κ2) is 9.53. The molecule has 0 aromatic carbocycles.